The van der Waals surface area contributed by atoms with Gasteiger partial charge in [-0.05, 0) is 12.1 Å². The second kappa shape index (κ2) is 5.79. The van der Waals surface area contributed by atoms with Gasteiger partial charge in [0.05, 0.1) is 22.6 Å². The fraction of sp³-hybridized carbons (Fsp3) is 0.154. The molecule has 8 heteroatoms. The number of ether oxygens (including phenoxy) is 1. The van der Waals surface area contributed by atoms with Crippen LogP contribution in [0.4, 0.5) is 0 Å². The highest BCUT2D eigenvalue weighted by molar-refractivity contribution is 7.90. The number of carbonyl (C=O) groups is 1. The van der Waals surface area contributed by atoms with Gasteiger partial charge in [0.1, 0.15) is 6.33 Å². The van der Waals surface area contributed by atoms with Crippen LogP contribution in [-0.4, -0.2) is 37.7 Å². The lowest BCUT2D eigenvalue weighted by Crippen LogP contribution is -2.07. The standard InChI is InChI=1S/C13H11ClN2O4S/c1-20-13(17)8-3-10(14)12(9-5-15-7-16-6-9)11(4-8)21(2,18)19/h3-7H,1-2H3. The molecule has 2 rings (SSSR count). The number of methoxy groups -OCH3 is 1. The van der Waals surface area contributed by atoms with E-state index in [0.29, 0.717) is 5.56 Å². The normalized spacial score (nSPS) is 11.2. The van der Waals surface area contributed by atoms with Crippen molar-refractivity contribution in [3.05, 3.63) is 41.4 Å². The Balaban J connectivity index is 2.79. The van der Waals surface area contributed by atoms with Crippen LogP contribution in [0.5, 0.6) is 0 Å². The minimum Gasteiger partial charge on any atom is -0.465 e. The molecule has 0 saturated carbocycles. The Bertz CT molecular complexity index is 791. The highest BCUT2D eigenvalue weighted by Gasteiger charge is 2.22. The number of hydrogen-bond donors (Lipinski definition) is 0. The monoisotopic (exact) mass is 326 g/mol. The Labute approximate surface area is 126 Å². The van der Waals surface area contributed by atoms with E-state index in [9.17, 15) is 13.2 Å². The molecule has 0 amide bonds. The van der Waals surface area contributed by atoms with Gasteiger partial charge in [-0.1, -0.05) is 11.6 Å². The van der Waals surface area contributed by atoms with Crippen molar-refractivity contribution in [1.29, 1.82) is 0 Å². The van der Waals surface area contributed by atoms with Crippen LogP contribution in [0, 0.1) is 0 Å². The van der Waals surface area contributed by atoms with Gasteiger partial charge in [0.15, 0.2) is 9.84 Å². The minimum atomic E-state index is -3.62. The zero-order valence-corrected chi connectivity index (χ0v) is 12.8. The van der Waals surface area contributed by atoms with Gasteiger partial charge in [0, 0.05) is 29.8 Å². The quantitative estimate of drug-likeness (QED) is 0.802. The third-order valence-corrected chi connectivity index (χ3v) is 4.14. The van der Waals surface area contributed by atoms with E-state index in [0.717, 1.165) is 6.26 Å². The first-order valence-electron chi connectivity index (χ1n) is 5.72. The second-order valence-electron chi connectivity index (χ2n) is 4.22. The van der Waals surface area contributed by atoms with Gasteiger partial charge < -0.3 is 4.74 Å². The van der Waals surface area contributed by atoms with Crippen LogP contribution < -0.4 is 0 Å². The summed E-state index contributed by atoms with van der Waals surface area (Å²) < 4.78 is 28.6. The molecule has 0 atom stereocenters. The van der Waals surface area contributed by atoms with Crippen molar-refractivity contribution in [2.24, 2.45) is 0 Å². The molecule has 0 radical (unpaired) electrons. The number of sulfone groups is 1. The smallest absolute Gasteiger partial charge is 0.337 e. The summed E-state index contributed by atoms with van der Waals surface area (Å²) in [6.07, 6.45) is 5.24. The molecule has 0 fully saturated rings. The van der Waals surface area contributed by atoms with Crippen LogP contribution in [0.1, 0.15) is 10.4 Å². The Morgan fingerprint density at radius 2 is 1.86 bits per heavy atom. The van der Waals surface area contributed by atoms with Gasteiger partial charge >= 0.3 is 5.97 Å². The van der Waals surface area contributed by atoms with E-state index >= 15 is 0 Å². The molecule has 0 aliphatic rings. The molecular formula is C13H11ClN2O4S. The largest absolute Gasteiger partial charge is 0.465 e. The van der Waals surface area contributed by atoms with Crippen molar-refractivity contribution in [3.63, 3.8) is 0 Å². The summed E-state index contributed by atoms with van der Waals surface area (Å²) in [6, 6.07) is 2.58. The molecule has 0 saturated heterocycles. The summed E-state index contributed by atoms with van der Waals surface area (Å²) in [4.78, 5) is 19.2. The lowest BCUT2D eigenvalue weighted by Gasteiger charge is -2.12. The van der Waals surface area contributed by atoms with E-state index in [1.807, 2.05) is 0 Å². The molecule has 1 aromatic carbocycles. The number of benzene rings is 1. The van der Waals surface area contributed by atoms with E-state index in [4.69, 9.17) is 11.6 Å². The van der Waals surface area contributed by atoms with Crippen molar-refractivity contribution >= 4 is 27.4 Å². The van der Waals surface area contributed by atoms with Crippen LogP contribution in [0.3, 0.4) is 0 Å². The first-order valence-corrected chi connectivity index (χ1v) is 7.99. The van der Waals surface area contributed by atoms with Crippen LogP contribution in [-0.2, 0) is 14.6 Å². The predicted octanol–water partition coefficient (Wildman–Crippen LogP) is 1.99. The Kier molecular flexibility index (Phi) is 4.24. The van der Waals surface area contributed by atoms with Crippen LogP contribution >= 0.6 is 11.6 Å². The van der Waals surface area contributed by atoms with Gasteiger partial charge in [0.25, 0.3) is 0 Å². The number of aromatic nitrogens is 2. The summed E-state index contributed by atoms with van der Waals surface area (Å²) in [5, 5.41) is 0.105. The predicted molar refractivity (Wildman–Crippen MR) is 76.9 cm³/mol. The second-order valence-corrected chi connectivity index (χ2v) is 6.61. The van der Waals surface area contributed by atoms with Crippen LogP contribution in [0.2, 0.25) is 5.02 Å². The van der Waals surface area contributed by atoms with Crippen molar-refractivity contribution < 1.29 is 17.9 Å². The van der Waals surface area contributed by atoms with Crippen LogP contribution in [0.25, 0.3) is 11.1 Å². The fourth-order valence-corrected chi connectivity index (χ4v) is 3.14. The number of esters is 1. The summed E-state index contributed by atoms with van der Waals surface area (Å²) >= 11 is 6.15. The van der Waals surface area contributed by atoms with Gasteiger partial charge in [-0.3, -0.25) is 0 Å². The molecule has 6 nitrogen and oxygen atoms in total. The fourth-order valence-electron chi connectivity index (χ4n) is 1.82. The molecule has 0 spiro atoms. The first kappa shape index (κ1) is 15.4. The molecule has 0 unspecified atom stereocenters. The summed E-state index contributed by atoms with van der Waals surface area (Å²) in [5.74, 6) is -0.669. The number of halogens is 1. The molecular weight excluding hydrogens is 316 g/mol. The Morgan fingerprint density at radius 1 is 1.24 bits per heavy atom. The summed E-state index contributed by atoms with van der Waals surface area (Å²) in [5.41, 5.74) is 0.760. The lowest BCUT2D eigenvalue weighted by atomic mass is 10.1. The zero-order valence-electron chi connectivity index (χ0n) is 11.2. The molecule has 1 heterocycles. The molecule has 21 heavy (non-hydrogen) atoms. The maximum absolute atomic E-state index is 12.0. The van der Waals surface area contributed by atoms with Gasteiger partial charge in [-0.2, -0.15) is 0 Å². The molecule has 2 aromatic rings. The van der Waals surface area contributed by atoms with E-state index in [-0.39, 0.29) is 21.0 Å². The molecule has 1 aromatic heterocycles. The van der Waals surface area contributed by atoms with Crippen molar-refractivity contribution in [1.82, 2.24) is 9.97 Å². The van der Waals surface area contributed by atoms with E-state index in [1.54, 1.807) is 0 Å². The molecule has 110 valence electrons. The average molecular weight is 327 g/mol. The number of hydrogen-bond acceptors (Lipinski definition) is 6. The molecule has 0 aliphatic carbocycles. The minimum absolute atomic E-state index is 0.0588. The Hall–Kier alpha value is -1.99. The van der Waals surface area contributed by atoms with Crippen LogP contribution in [0.15, 0.2) is 35.7 Å². The van der Waals surface area contributed by atoms with Crippen molar-refractivity contribution in [2.45, 2.75) is 4.90 Å². The van der Waals surface area contributed by atoms with Gasteiger partial charge in [0.2, 0.25) is 0 Å². The lowest BCUT2D eigenvalue weighted by molar-refractivity contribution is 0.0600. The van der Waals surface area contributed by atoms with Gasteiger partial charge in [-0.25, -0.2) is 23.2 Å². The maximum Gasteiger partial charge on any atom is 0.337 e. The van der Waals surface area contributed by atoms with Gasteiger partial charge in [-0.15, -0.1) is 0 Å². The third kappa shape index (κ3) is 3.20. The molecule has 0 aliphatic heterocycles. The average Bonchev–Trinajstić information content (AvgIpc) is 2.45. The zero-order chi connectivity index (χ0) is 15.6. The maximum atomic E-state index is 12.0. The topological polar surface area (TPSA) is 86.2 Å². The van der Waals surface area contributed by atoms with Crippen molar-refractivity contribution in [2.75, 3.05) is 13.4 Å². The highest BCUT2D eigenvalue weighted by atomic mass is 35.5. The Morgan fingerprint density at radius 3 is 2.38 bits per heavy atom. The summed E-state index contributed by atoms with van der Waals surface area (Å²) in [6.45, 7) is 0. The van der Waals surface area contributed by atoms with Crippen molar-refractivity contribution in [3.8, 4) is 11.1 Å². The number of rotatable bonds is 3. The third-order valence-electron chi connectivity index (χ3n) is 2.72. The summed E-state index contributed by atoms with van der Waals surface area (Å²) in [7, 11) is -2.41. The number of nitrogens with zero attached hydrogens (tertiary/aromatic N) is 2. The molecule has 0 N–H and O–H groups in total. The van der Waals surface area contributed by atoms with E-state index < -0.39 is 15.8 Å². The highest BCUT2D eigenvalue weighted by Crippen LogP contribution is 2.34. The van der Waals surface area contributed by atoms with E-state index in [1.165, 1.54) is 38.0 Å². The SMILES string of the molecule is COC(=O)c1cc(Cl)c(-c2cncnc2)c(S(C)(=O)=O)c1. The molecule has 0 bridgehead atoms. The van der Waals surface area contributed by atoms with E-state index in [2.05, 4.69) is 14.7 Å². The first-order chi connectivity index (χ1) is 9.84. The number of carbonyl (C=O) groups excluding carboxylic acids is 1.